The van der Waals surface area contributed by atoms with Crippen molar-refractivity contribution in [3.63, 3.8) is 0 Å². The molecule has 1 aliphatic carbocycles. The third-order valence-corrected chi connectivity index (χ3v) is 9.31. The lowest BCUT2D eigenvalue weighted by Crippen LogP contribution is -2.31. The number of halogens is 1. The van der Waals surface area contributed by atoms with Gasteiger partial charge in [-0.1, -0.05) is 11.3 Å². The molecule has 1 amide bonds. The highest BCUT2D eigenvalue weighted by Crippen LogP contribution is 2.38. The van der Waals surface area contributed by atoms with Gasteiger partial charge >= 0.3 is 5.97 Å². The Morgan fingerprint density at radius 1 is 1.29 bits per heavy atom. The molecule has 0 spiro atoms. The first-order chi connectivity index (χ1) is 16.7. The molecule has 186 valence electrons. The number of hydrogen-bond donors (Lipinski definition) is 2. The molecule has 2 aliphatic rings. The Bertz CT molecular complexity index is 1390. The molecule has 10 nitrogen and oxygen atoms in total. The van der Waals surface area contributed by atoms with E-state index in [0.29, 0.717) is 43.8 Å². The molecule has 2 atom stereocenters. The number of aromatic nitrogens is 3. The molecular formula is C22H23FN4O6S2. The van der Waals surface area contributed by atoms with Crippen LogP contribution >= 0.6 is 11.3 Å². The van der Waals surface area contributed by atoms with Gasteiger partial charge in [-0.2, -0.15) is 9.49 Å². The number of carbonyl (C=O) groups excluding carboxylic acids is 1. The first-order valence-electron chi connectivity index (χ1n) is 11.2. The van der Waals surface area contributed by atoms with Crippen molar-refractivity contribution in [1.82, 2.24) is 14.8 Å². The van der Waals surface area contributed by atoms with Crippen LogP contribution in [0.1, 0.15) is 48.5 Å². The summed E-state index contributed by atoms with van der Waals surface area (Å²) in [6.45, 7) is 1.09. The van der Waals surface area contributed by atoms with E-state index in [4.69, 9.17) is 4.74 Å². The number of fused-ring (bicyclic) bond motifs is 1. The molecule has 0 bridgehead atoms. The predicted molar refractivity (Wildman–Crippen MR) is 125 cm³/mol. The monoisotopic (exact) mass is 522 g/mol. The maximum Gasteiger partial charge on any atom is 0.335 e. The van der Waals surface area contributed by atoms with Crippen molar-refractivity contribution in [3.05, 3.63) is 35.2 Å². The highest BCUT2D eigenvalue weighted by atomic mass is 32.2. The summed E-state index contributed by atoms with van der Waals surface area (Å²) in [5.74, 6) is -1.77. The van der Waals surface area contributed by atoms with Crippen molar-refractivity contribution in [2.45, 2.75) is 48.3 Å². The summed E-state index contributed by atoms with van der Waals surface area (Å²) in [4.78, 5) is 28.9. The number of amides is 1. The van der Waals surface area contributed by atoms with Crippen LogP contribution in [-0.4, -0.2) is 58.6 Å². The summed E-state index contributed by atoms with van der Waals surface area (Å²) in [6.07, 6.45) is 5.38. The third-order valence-electron chi connectivity index (χ3n) is 6.31. The fourth-order valence-electron chi connectivity index (χ4n) is 4.41. The van der Waals surface area contributed by atoms with Crippen LogP contribution < -0.4 is 5.32 Å². The topological polar surface area (TPSA) is 140 Å². The highest BCUT2D eigenvalue weighted by Gasteiger charge is 2.39. The van der Waals surface area contributed by atoms with E-state index in [-0.39, 0.29) is 32.4 Å². The van der Waals surface area contributed by atoms with Gasteiger partial charge in [0.2, 0.25) is 0 Å². The average molecular weight is 523 g/mol. The number of carboxylic acids is 1. The molecule has 1 saturated heterocycles. The van der Waals surface area contributed by atoms with Gasteiger partial charge < -0.3 is 15.2 Å². The lowest BCUT2D eigenvalue weighted by atomic mass is 9.94. The number of benzene rings is 1. The van der Waals surface area contributed by atoms with Gasteiger partial charge in [0.15, 0.2) is 20.1 Å². The van der Waals surface area contributed by atoms with Gasteiger partial charge in [0.25, 0.3) is 5.91 Å². The van der Waals surface area contributed by atoms with E-state index >= 15 is 0 Å². The summed E-state index contributed by atoms with van der Waals surface area (Å²) in [6, 6.07) is 1.57. The van der Waals surface area contributed by atoms with Crippen LogP contribution in [0.5, 0.6) is 0 Å². The van der Waals surface area contributed by atoms with Crippen LogP contribution in [-0.2, 0) is 19.4 Å². The molecule has 1 aromatic carbocycles. The Morgan fingerprint density at radius 2 is 2.09 bits per heavy atom. The number of nitrogens with one attached hydrogen (secondary N) is 1. The second-order valence-electron chi connectivity index (χ2n) is 8.84. The SMILES string of the molecule is O=C(O)c1cc(S(=O)(=O)C2CC2)c2cnn(C(CC3CCCOC3)C(=O)Nc3ncc(F)s3)c2c1. The van der Waals surface area contributed by atoms with Crippen molar-refractivity contribution in [2.24, 2.45) is 5.92 Å². The van der Waals surface area contributed by atoms with Crippen LogP contribution in [0, 0.1) is 11.0 Å². The van der Waals surface area contributed by atoms with Crippen molar-refractivity contribution < 1.29 is 32.2 Å². The number of nitrogens with zero attached hydrogens (tertiary/aromatic N) is 3. The maximum absolute atomic E-state index is 13.4. The zero-order chi connectivity index (χ0) is 24.7. The van der Waals surface area contributed by atoms with Crippen LogP contribution in [0.2, 0.25) is 0 Å². The van der Waals surface area contributed by atoms with Crippen molar-refractivity contribution in [2.75, 3.05) is 18.5 Å². The summed E-state index contributed by atoms with van der Waals surface area (Å²) in [7, 11) is -3.74. The lowest BCUT2D eigenvalue weighted by molar-refractivity contribution is -0.120. The van der Waals surface area contributed by atoms with Crippen LogP contribution in [0.25, 0.3) is 10.9 Å². The Labute approximate surface area is 204 Å². The fourth-order valence-corrected chi connectivity index (χ4v) is 6.82. The zero-order valence-corrected chi connectivity index (χ0v) is 20.1. The average Bonchev–Trinajstić information content (AvgIpc) is 3.51. The van der Waals surface area contributed by atoms with Crippen molar-refractivity contribution in [3.8, 4) is 0 Å². The van der Waals surface area contributed by atoms with Crippen LogP contribution in [0.3, 0.4) is 0 Å². The molecule has 1 aliphatic heterocycles. The summed E-state index contributed by atoms with van der Waals surface area (Å²) < 4.78 is 46.5. The molecule has 0 radical (unpaired) electrons. The fraction of sp³-hybridized carbons (Fsp3) is 0.455. The van der Waals surface area contributed by atoms with E-state index in [2.05, 4.69) is 15.4 Å². The minimum atomic E-state index is -3.74. The maximum atomic E-state index is 13.4. The van der Waals surface area contributed by atoms with E-state index in [0.717, 1.165) is 25.1 Å². The molecule has 2 N–H and O–H groups in total. The number of anilines is 1. The molecule has 5 rings (SSSR count). The van der Waals surface area contributed by atoms with Gasteiger partial charge in [-0.25, -0.2) is 18.2 Å². The van der Waals surface area contributed by atoms with E-state index in [9.17, 15) is 27.5 Å². The molecular weight excluding hydrogens is 499 g/mol. The summed E-state index contributed by atoms with van der Waals surface area (Å²) >= 11 is 0.682. The first kappa shape index (κ1) is 23.8. The summed E-state index contributed by atoms with van der Waals surface area (Å²) in [5, 5.41) is 15.9. The Hall–Kier alpha value is -2.90. The number of hydrogen-bond acceptors (Lipinski definition) is 8. The molecule has 2 fully saturated rings. The summed E-state index contributed by atoms with van der Waals surface area (Å²) in [5.41, 5.74) is 0.0203. The molecule has 13 heteroatoms. The van der Waals surface area contributed by atoms with E-state index in [1.165, 1.54) is 16.9 Å². The van der Waals surface area contributed by atoms with Gasteiger partial charge in [0.05, 0.1) is 33.6 Å². The third kappa shape index (κ3) is 4.80. The van der Waals surface area contributed by atoms with Crippen LogP contribution in [0.4, 0.5) is 9.52 Å². The Balaban J connectivity index is 1.60. The van der Waals surface area contributed by atoms with Crippen molar-refractivity contribution in [1.29, 1.82) is 0 Å². The normalized spacial score (nSPS) is 19.5. The number of carboxylic acid groups (broad SMARTS) is 1. The number of sulfone groups is 1. The first-order valence-corrected chi connectivity index (χ1v) is 13.6. The Kier molecular flexibility index (Phi) is 6.32. The molecule has 3 aromatic rings. The van der Waals surface area contributed by atoms with E-state index < -0.39 is 38.1 Å². The van der Waals surface area contributed by atoms with Gasteiger partial charge in [0.1, 0.15) is 6.04 Å². The Morgan fingerprint density at radius 3 is 2.71 bits per heavy atom. The second kappa shape index (κ2) is 9.28. The lowest BCUT2D eigenvalue weighted by Gasteiger charge is -2.26. The van der Waals surface area contributed by atoms with Gasteiger partial charge in [0, 0.05) is 18.6 Å². The molecule has 2 unspecified atom stereocenters. The number of aromatic carboxylic acids is 1. The largest absolute Gasteiger partial charge is 0.478 e. The minimum Gasteiger partial charge on any atom is -0.478 e. The van der Waals surface area contributed by atoms with Gasteiger partial charge in [-0.3, -0.25) is 9.48 Å². The number of thiazole rings is 1. The number of carbonyl (C=O) groups is 2. The van der Waals surface area contributed by atoms with E-state index in [1.54, 1.807) is 0 Å². The molecule has 2 aromatic heterocycles. The molecule has 35 heavy (non-hydrogen) atoms. The molecule has 1 saturated carbocycles. The van der Waals surface area contributed by atoms with Gasteiger partial charge in [-0.15, -0.1) is 0 Å². The standard InChI is InChI=1S/C22H23FN4O6S2/c23-19-10-24-22(34-19)26-20(28)17(6-12-2-1-5-33-11-12)27-16-7-13(21(29)30)8-18(15(16)9-25-27)35(31,32)14-3-4-14/h7-10,12,14,17H,1-6,11H2,(H,29,30)(H,24,26,28). The van der Waals surface area contributed by atoms with Crippen molar-refractivity contribution >= 4 is 49.1 Å². The quantitative estimate of drug-likeness (QED) is 0.459. The second-order valence-corrected chi connectivity index (χ2v) is 12.0. The number of ether oxygens (including phenoxy) is 1. The molecule has 3 heterocycles. The van der Waals surface area contributed by atoms with E-state index in [1.807, 2.05) is 0 Å². The minimum absolute atomic E-state index is 0.0316. The van der Waals surface area contributed by atoms with Gasteiger partial charge in [-0.05, 0) is 50.2 Å². The smallest absolute Gasteiger partial charge is 0.335 e. The zero-order valence-electron chi connectivity index (χ0n) is 18.5. The number of rotatable bonds is 8. The highest BCUT2D eigenvalue weighted by molar-refractivity contribution is 7.92. The van der Waals surface area contributed by atoms with Crippen LogP contribution in [0.15, 0.2) is 29.4 Å². The predicted octanol–water partition coefficient (Wildman–Crippen LogP) is 3.26.